The minimum atomic E-state index is -4.32. The van der Waals surface area contributed by atoms with E-state index in [1.54, 1.807) is 13.0 Å². The molecule has 5 nitrogen and oxygen atoms in total. The van der Waals surface area contributed by atoms with Crippen LogP contribution in [0.3, 0.4) is 0 Å². The van der Waals surface area contributed by atoms with Gasteiger partial charge in [-0.05, 0) is 42.3 Å². The SMILES string of the molecule is Cc1cc(-c2nnn(CCCOCC(F)(F)F)n2)ccc1F. The molecule has 0 bridgehead atoms. The molecule has 2 rings (SSSR count). The van der Waals surface area contributed by atoms with E-state index in [1.165, 1.54) is 16.9 Å². The fourth-order valence-electron chi connectivity index (χ4n) is 1.73. The van der Waals surface area contributed by atoms with Crippen molar-refractivity contribution in [3.05, 3.63) is 29.6 Å². The van der Waals surface area contributed by atoms with Crippen LogP contribution >= 0.6 is 0 Å². The van der Waals surface area contributed by atoms with E-state index in [-0.39, 0.29) is 19.0 Å². The lowest BCUT2D eigenvalue weighted by Crippen LogP contribution is -2.18. The quantitative estimate of drug-likeness (QED) is 0.607. The molecular formula is C13H14F4N4O. The molecule has 0 saturated carbocycles. The Morgan fingerprint density at radius 3 is 2.73 bits per heavy atom. The van der Waals surface area contributed by atoms with Crippen molar-refractivity contribution in [3.63, 3.8) is 0 Å². The average molecular weight is 318 g/mol. The largest absolute Gasteiger partial charge is 0.411 e. The Bertz CT molecular complexity index is 627. The van der Waals surface area contributed by atoms with E-state index in [9.17, 15) is 17.6 Å². The standard InChI is InChI=1S/C13H14F4N4O/c1-9-7-10(3-4-11(9)14)12-18-20-21(19-12)5-2-6-22-8-13(15,16)17/h3-4,7H,2,5-6,8H2,1H3. The first-order valence-corrected chi connectivity index (χ1v) is 6.54. The number of hydrogen-bond donors (Lipinski definition) is 0. The molecule has 0 spiro atoms. The van der Waals surface area contributed by atoms with Crippen LogP contribution in [0.1, 0.15) is 12.0 Å². The lowest BCUT2D eigenvalue weighted by Gasteiger charge is -2.06. The van der Waals surface area contributed by atoms with Gasteiger partial charge in [0.2, 0.25) is 5.82 Å². The van der Waals surface area contributed by atoms with E-state index in [0.29, 0.717) is 23.4 Å². The molecule has 2 aromatic rings. The zero-order valence-corrected chi connectivity index (χ0v) is 11.8. The van der Waals surface area contributed by atoms with Crippen LogP contribution in [0.15, 0.2) is 18.2 Å². The summed E-state index contributed by atoms with van der Waals surface area (Å²) in [5.74, 6) is 0.0114. The van der Waals surface area contributed by atoms with Crippen LogP contribution in [-0.2, 0) is 11.3 Å². The maximum Gasteiger partial charge on any atom is 0.411 e. The second kappa shape index (κ2) is 6.82. The molecule has 0 unspecified atom stereocenters. The number of ether oxygens (including phenoxy) is 1. The Morgan fingerprint density at radius 2 is 2.05 bits per heavy atom. The van der Waals surface area contributed by atoms with E-state index in [0.717, 1.165) is 0 Å². The van der Waals surface area contributed by atoms with E-state index in [1.807, 2.05) is 0 Å². The van der Waals surface area contributed by atoms with Crippen molar-refractivity contribution < 1.29 is 22.3 Å². The van der Waals surface area contributed by atoms with Gasteiger partial charge in [-0.1, -0.05) is 0 Å². The van der Waals surface area contributed by atoms with Gasteiger partial charge in [0, 0.05) is 12.2 Å². The molecular weight excluding hydrogens is 304 g/mol. The first kappa shape index (κ1) is 16.3. The van der Waals surface area contributed by atoms with Crippen molar-refractivity contribution >= 4 is 0 Å². The summed E-state index contributed by atoms with van der Waals surface area (Å²) in [6.07, 6.45) is -3.99. The third kappa shape index (κ3) is 4.76. The zero-order valence-electron chi connectivity index (χ0n) is 11.8. The van der Waals surface area contributed by atoms with E-state index >= 15 is 0 Å². The van der Waals surface area contributed by atoms with Crippen molar-refractivity contribution in [2.45, 2.75) is 26.1 Å². The lowest BCUT2D eigenvalue weighted by molar-refractivity contribution is -0.174. The summed E-state index contributed by atoms with van der Waals surface area (Å²) in [7, 11) is 0. The molecule has 0 N–H and O–H groups in total. The molecule has 0 aliphatic rings. The predicted octanol–water partition coefficient (Wildman–Crippen LogP) is 2.76. The van der Waals surface area contributed by atoms with Crippen molar-refractivity contribution in [1.29, 1.82) is 0 Å². The van der Waals surface area contributed by atoms with Gasteiger partial charge >= 0.3 is 6.18 Å². The van der Waals surface area contributed by atoms with E-state index in [2.05, 4.69) is 20.1 Å². The molecule has 0 aliphatic carbocycles. The van der Waals surface area contributed by atoms with Crippen molar-refractivity contribution in [2.24, 2.45) is 0 Å². The fraction of sp³-hybridized carbons (Fsp3) is 0.462. The third-order valence-electron chi connectivity index (χ3n) is 2.78. The van der Waals surface area contributed by atoms with Crippen LogP contribution < -0.4 is 0 Å². The molecule has 22 heavy (non-hydrogen) atoms. The molecule has 1 aromatic heterocycles. The minimum Gasteiger partial charge on any atom is -0.372 e. The van der Waals surface area contributed by atoms with Gasteiger partial charge in [-0.15, -0.1) is 10.2 Å². The number of nitrogens with zero attached hydrogens (tertiary/aromatic N) is 4. The Kier molecular flexibility index (Phi) is 5.07. The number of alkyl halides is 3. The van der Waals surface area contributed by atoms with E-state index < -0.39 is 12.8 Å². The molecule has 0 atom stereocenters. The second-order valence-corrected chi connectivity index (χ2v) is 4.69. The van der Waals surface area contributed by atoms with Crippen LogP contribution in [-0.4, -0.2) is 39.6 Å². The highest BCUT2D eigenvalue weighted by Gasteiger charge is 2.27. The minimum absolute atomic E-state index is 0.0496. The van der Waals surface area contributed by atoms with Crippen molar-refractivity contribution in [3.8, 4) is 11.4 Å². The summed E-state index contributed by atoms with van der Waals surface area (Å²) >= 11 is 0. The predicted molar refractivity (Wildman–Crippen MR) is 69.4 cm³/mol. The monoisotopic (exact) mass is 318 g/mol. The Balaban J connectivity index is 1.85. The van der Waals surface area contributed by atoms with Crippen molar-refractivity contribution in [1.82, 2.24) is 20.2 Å². The van der Waals surface area contributed by atoms with E-state index in [4.69, 9.17) is 0 Å². The summed E-state index contributed by atoms with van der Waals surface area (Å²) in [4.78, 5) is 1.27. The number of aromatic nitrogens is 4. The highest BCUT2D eigenvalue weighted by molar-refractivity contribution is 5.54. The molecule has 9 heteroatoms. The normalized spacial score (nSPS) is 11.9. The van der Waals surface area contributed by atoms with Crippen LogP contribution in [0.25, 0.3) is 11.4 Å². The van der Waals surface area contributed by atoms with Gasteiger partial charge in [-0.2, -0.15) is 18.0 Å². The molecule has 0 aliphatic heterocycles. The van der Waals surface area contributed by atoms with Gasteiger partial charge < -0.3 is 4.74 Å². The Hall–Kier alpha value is -2.03. The average Bonchev–Trinajstić information content (AvgIpc) is 2.89. The van der Waals surface area contributed by atoms with Crippen molar-refractivity contribution in [2.75, 3.05) is 13.2 Å². The molecule has 120 valence electrons. The van der Waals surface area contributed by atoms with Crippen LogP contribution in [0, 0.1) is 12.7 Å². The molecule has 1 heterocycles. The smallest absolute Gasteiger partial charge is 0.372 e. The van der Waals surface area contributed by atoms with Gasteiger partial charge in [0.15, 0.2) is 0 Å². The summed E-state index contributed by atoms with van der Waals surface area (Å²) in [6.45, 7) is 0.593. The Labute approximate surface area is 123 Å². The molecule has 1 aromatic carbocycles. The molecule has 0 saturated heterocycles. The highest BCUT2D eigenvalue weighted by atomic mass is 19.4. The second-order valence-electron chi connectivity index (χ2n) is 4.69. The molecule has 0 fully saturated rings. The first-order chi connectivity index (χ1) is 10.3. The Morgan fingerprint density at radius 1 is 1.27 bits per heavy atom. The number of tetrazole rings is 1. The summed E-state index contributed by atoms with van der Waals surface area (Å²) < 4.78 is 53.3. The van der Waals surface area contributed by atoms with Crippen LogP contribution in [0.5, 0.6) is 0 Å². The van der Waals surface area contributed by atoms with Gasteiger partial charge in [-0.25, -0.2) is 4.39 Å². The number of hydrogen-bond acceptors (Lipinski definition) is 4. The molecule has 0 radical (unpaired) electrons. The van der Waals surface area contributed by atoms with Crippen LogP contribution in [0.4, 0.5) is 17.6 Å². The first-order valence-electron chi connectivity index (χ1n) is 6.54. The fourth-order valence-corrected chi connectivity index (χ4v) is 1.73. The number of benzene rings is 1. The number of rotatable bonds is 6. The highest BCUT2D eigenvalue weighted by Crippen LogP contribution is 2.17. The summed E-state index contributed by atoms with van der Waals surface area (Å²) in [5.41, 5.74) is 1.09. The summed E-state index contributed by atoms with van der Waals surface area (Å²) in [6, 6.07) is 4.45. The van der Waals surface area contributed by atoms with Gasteiger partial charge in [0.05, 0.1) is 6.54 Å². The third-order valence-corrected chi connectivity index (χ3v) is 2.78. The molecule has 0 amide bonds. The maximum atomic E-state index is 13.2. The summed E-state index contributed by atoms with van der Waals surface area (Å²) in [5, 5.41) is 11.7. The van der Waals surface area contributed by atoms with Gasteiger partial charge in [-0.3, -0.25) is 0 Å². The van der Waals surface area contributed by atoms with Gasteiger partial charge in [0.25, 0.3) is 0 Å². The van der Waals surface area contributed by atoms with Crippen LogP contribution in [0.2, 0.25) is 0 Å². The lowest BCUT2D eigenvalue weighted by atomic mass is 10.1. The topological polar surface area (TPSA) is 52.8 Å². The number of aryl methyl sites for hydroxylation is 2. The van der Waals surface area contributed by atoms with Gasteiger partial charge in [0.1, 0.15) is 12.4 Å². The maximum absolute atomic E-state index is 13.2. The number of halogens is 4. The zero-order chi connectivity index (χ0) is 16.2.